The summed E-state index contributed by atoms with van der Waals surface area (Å²) in [4.78, 5) is 56.1. The van der Waals surface area contributed by atoms with Crippen LogP contribution in [0.1, 0.15) is 36.8 Å². The van der Waals surface area contributed by atoms with E-state index in [1.807, 2.05) is 0 Å². The fraction of sp³-hybridized carbons (Fsp3) is 0.868. The Morgan fingerprint density at radius 3 is 0.456 bits per heavy atom. The number of benzene rings is 1. The van der Waals surface area contributed by atoms with Crippen molar-refractivity contribution in [2.24, 2.45) is 22.9 Å². The first-order valence-corrected chi connectivity index (χ1v) is 40.6. The topological polar surface area (TPSA) is 448 Å². The highest BCUT2D eigenvalue weighted by Crippen LogP contribution is 2.11. The number of carbonyl (C=O) groups is 4. The van der Waals surface area contributed by atoms with Crippen molar-refractivity contribution in [1.29, 1.82) is 0 Å². The normalized spacial score (nSPS) is 11.6. The van der Waals surface area contributed by atoms with E-state index < -0.39 is 0 Å². The number of hydrogen-bond acceptors (Lipinski definition) is 34. The molecule has 0 saturated carbocycles. The molecule has 0 bridgehead atoms. The Bertz CT molecular complexity index is 1920. The first-order valence-electron chi connectivity index (χ1n) is 40.6. The van der Waals surface area contributed by atoms with E-state index in [4.69, 9.17) is 137 Å². The molecule has 1 aromatic carbocycles. The largest absolute Gasteiger partial charge is 0.379 e. The molecule has 12 N–H and O–H groups in total. The Labute approximate surface area is 677 Å². The molecule has 0 atom stereocenters. The van der Waals surface area contributed by atoms with Crippen LogP contribution >= 0.6 is 0 Å². The number of amides is 4. The minimum atomic E-state index is -0.151. The van der Waals surface area contributed by atoms with E-state index in [2.05, 4.69) is 55.3 Å². The van der Waals surface area contributed by atoms with Crippen LogP contribution in [-0.4, -0.2) is 429 Å². The second-order valence-corrected chi connectivity index (χ2v) is 24.6. The lowest BCUT2D eigenvalue weighted by molar-refractivity contribution is -0.123. The summed E-state index contributed by atoms with van der Waals surface area (Å²) < 4.78 is 132. The molecule has 0 aliphatic carbocycles. The van der Waals surface area contributed by atoms with Crippen LogP contribution in [0.5, 0.6) is 0 Å². The lowest BCUT2D eigenvalue weighted by Crippen LogP contribution is -2.39. The average Bonchev–Trinajstić information content (AvgIpc) is 0.882. The molecule has 114 heavy (non-hydrogen) atoms. The second-order valence-electron chi connectivity index (χ2n) is 24.6. The smallest absolute Gasteiger partial charge is 0.222 e. The molecule has 0 heterocycles. The van der Waals surface area contributed by atoms with Gasteiger partial charge in [-0.25, -0.2) is 0 Å². The molecule has 4 amide bonds. The Kier molecular flexibility index (Phi) is 86.3. The molecule has 0 spiro atoms. The molecular weight excluding hydrogens is 1500 g/mol. The van der Waals surface area contributed by atoms with Gasteiger partial charge in [-0.15, -0.1) is 0 Å². The van der Waals surface area contributed by atoms with Gasteiger partial charge in [0.25, 0.3) is 0 Å². The monoisotopic (exact) mass is 1650 g/mol. The van der Waals surface area contributed by atoms with Crippen molar-refractivity contribution in [2.75, 3.05) is 396 Å². The van der Waals surface area contributed by atoms with Gasteiger partial charge in [-0.1, -0.05) is 24.3 Å². The maximum Gasteiger partial charge on any atom is 0.222 e. The summed E-state index contributed by atoms with van der Waals surface area (Å²) in [5.41, 5.74) is 23.6. The lowest BCUT2D eigenvalue weighted by atomic mass is 10.1. The average molecular weight is 1650 g/mol. The highest BCUT2D eigenvalue weighted by molar-refractivity contribution is 5.77. The molecule has 0 radical (unpaired) electrons. The van der Waals surface area contributed by atoms with Crippen molar-refractivity contribution in [3.05, 3.63) is 35.4 Å². The van der Waals surface area contributed by atoms with Gasteiger partial charge >= 0.3 is 0 Å². The van der Waals surface area contributed by atoms with Crippen LogP contribution in [-0.2, 0) is 146 Å². The van der Waals surface area contributed by atoms with Crippen molar-refractivity contribution >= 4 is 23.6 Å². The van der Waals surface area contributed by atoms with Gasteiger partial charge in [0.05, 0.1) is 317 Å². The van der Waals surface area contributed by atoms with Crippen LogP contribution in [0.25, 0.3) is 0 Å². The first-order chi connectivity index (χ1) is 56.3. The van der Waals surface area contributed by atoms with Crippen LogP contribution < -0.4 is 44.2 Å². The van der Waals surface area contributed by atoms with Crippen LogP contribution in [0.3, 0.4) is 0 Å². The number of hydrogen-bond donors (Lipinski definition) is 8. The molecule has 1 aromatic rings. The first kappa shape index (κ1) is 108. The minimum Gasteiger partial charge on any atom is -0.379 e. The van der Waals surface area contributed by atoms with E-state index >= 15 is 0 Å². The van der Waals surface area contributed by atoms with Gasteiger partial charge in [0.1, 0.15) is 0 Å². The van der Waals surface area contributed by atoms with Crippen LogP contribution in [0.4, 0.5) is 0 Å². The standard InChI is InChI=1S/C76H148N10O28/c77-9-25-95-33-41-103-49-57-111-65-61-107-53-45-99-37-29-91-21-5-73(87)81-13-17-85(18-14-82-74(88)6-22-92-30-38-100-46-54-108-62-66-112-58-50-104-42-34-96-26-10-78)69-71-1-2-72(4-3-71)70-86(19-15-83-75(89)7-23-93-31-39-101-47-55-109-63-67-113-59-51-105-43-35-97-27-11-79)20-16-84-76(90)8-24-94-32-40-102-48-56-110-64-68-114-60-52-106-44-36-98-28-12-80/h1-4H,5-70,77-80H2,(H,81,87)(H,82,88)(H,83,89)(H,84,90). The van der Waals surface area contributed by atoms with Crippen LogP contribution in [0.15, 0.2) is 24.3 Å². The number of nitrogens with one attached hydrogen (secondary N) is 4. The van der Waals surface area contributed by atoms with E-state index in [9.17, 15) is 19.2 Å². The summed E-state index contributed by atoms with van der Waals surface area (Å²) in [7, 11) is 0. The zero-order chi connectivity index (χ0) is 81.9. The molecule has 0 saturated heterocycles. The zero-order valence-corrected chi connectivity index (χ0v) is 68.6. The van der Waals surface area contributed by atoms with Crippen molar-refractivity contribution in [3.63, 3.8) is 0 Å². The number of nitrogens with zero attached hydrogens (tertiary/aromatic N) is 2. The van der Waals surface area contributed by atoms with E-state index in [1.54, 1.807) is 0 Å². The number of rotatable bonds is 96. The Morgan fingerprint density at radius 1 is 0.202 bits per heavy atom. The quantitative estimate of drug-likeness (QED) is 0.0314. The third-order valence-electron chi connectivity index (χ3n) is 15.2. The Morgan fingerprint density at radius 2 is 0.325 bits per heavy atom. The fourth-order valence-corrected chi connectivity index (χ4v) is 9.37. The number of ether oxygens (including phenoxy) is 24. The molecule has 38 nitrogen and oxygen atoms in total. The van der Waals surface area contributed by atoms with Gasteiger partial charge in [0, 0.05) is 117 Å². The summed E-state index contributed by atoms with van der Waals surface area (Å²) in [6.45, 7) is 26.8. The third-order valence-corrected chi connectivity index (χ3v) is 15.2. The molecule has 0 fully saturated rings. The van der Waals surface area contributed by atoms with Gasteiger partial charge in [-0.2, -0.15) is 0 Å². The van der Waals surface area contributed by atoms with E-state index in [1.165, 1.54) is 0 Å². The highest BCUT2D eigenvalue weighted by Gasteiger charge is 2.14. The molecule has 670 valence electrons. The summed E-state index contributed by atoms with van der Waals surface area (Å²) in [5.74, 6) is -0.603. The lowest BCUT2D eigenvalue weighted by Gasteiger charge is -2.24. The zero-order valence-electron chi connectivity index (χ0n) is 68.6. The maximum atomic E-state index is 12.9. The molecule has 0 aliphatic heterocycles. The van der Waals surface area contributed by atoms with E-state index in [0.717, 1.165) is 11.1 Å². The van der Waals surface area contributed by atoms with Gasteiger partial charge in [-0.3, -0.25) is 29.0 Å². The van der Waals surface area contributed by atoms with Crippen molar-refractivity contribution in [3.8, 4) is 0 Å². The molecule has 1 rings (SSSR count). The summed E-state index contributed by atoms with van der Waals surface area (Å²) >= 11 is 0. The Balaban J connectivity index is 2.75. The maximum absolute atomic E-state index is 12.9. The number of nitrogens with two attached hydrogens (primary N) is 4. The van der Waals surface area contributed by atoms with E-state index in [0.29, 0.717) is 382 Å². The SMILES string of the molecule is NCCOCCOCCOCCOCCOCCOCCC(=O)NCCN(CCNC(=O)CCOCCOCCOCCOCCOCCOCCN)Cc1ccc(CN(CCNC(=O)CCOCCOCCOCCOCCOCCOCCN)CCNC(=O)CCOCCOCCOCCOCCOCCOCCN)cc1. The molecule has 38 heteroatoms. The van der Waals surface area contributed by atoms with Crippen molar-refractivity contribution < 1.29 is 133 Å². The van der Waals surface area contributed by atoms with Gasteiger partial charge in [0.2, 0.25) is 23.6 Å². The molecule has 0 unspecified atom stereocenters. The van der Waals surface area contributed by atoms with Gasteiger partial charge in [0.15, 0.2) is 0 Å². The summed E-state index contributed by atoms with van der Waals surface area (Å²) in [5, 5.41) is 12.0. The molecular formula is C76H148N10O28. The fourth-order valence-electron chi connectivity index (χ4n) is 9.37. The Hall–Kier alpha value is -4.10. The van der Waals surface area contributed by atoms with Gasteiger partial charge < -0.3 is 158 Å². The highest BCUT2D eigenvalue weighted by atomic mass is 16.6. The van der Waals surface area contributed by atoms with Gasteiger partial charge in [-0.05, 0) is 11.1 Å². The summed E-state index contributed by atoms with van der Waals surface area (Å²) in [6, 6.07) is 8.23. The third kappa shape index (κ3) is 83.0. The molecule has 0 aromatic heterocycles. The van der Waals surface area contributed by atoms with Crippen molar-refractivity contribution in [1.82, 2.24) is 31.1 Å². The second kappa shape index (κ2) is 91.2. The van der Waals surface area contributed by atoms with Crippen LogP contribution in [0.2, 0.25) is 0 Å². The minimum absolute atomic E-state index is 0.151. The van der Waals surface area contributed by atoms with Crippen LogP contribution in [0, 0.1) is 0 Å². The molecule has 0 aliphatic rings. The van der Waals surface area contributed by atoms with Crippen molar-refractivity contribution in [2.45, 2.75) is 38.8 Å². The van der Waals surface area contributed by atoms with E-state index in [-0.39, 0.29) is 75.7 Å². The number of carbonyl (C=O) groups excluding carboxylic acids is 4. The summed E-state index contributed by atoms with van der Waals surface area (Å²) in [6.07, 6.45) is 0.708. The predicted octanol–water partition coefficient (Wildman–Crippen LogP) is -2.45. The predicted molar refractivity (Wildman–Crippen MR) is 423 cm³/mol.